The number of nitrogens with two attached hydrogens (primary N) is 1. The number of H-pyrrole nitrogens is 1. The highest BCUT2D eigenvalue weighted by atomic mass is 35.5. The number of nitrogens with zero attached hydrogens (tertiary/aromatic N) is 1. The first-order chi connectivity index (χ1) is 10.6. The molecule has 2 heterocycles. The molecule has 3 N–H and O–H groups in total. The minimum atomic E-state index is -0.510. The number of aromatic amines is 1. The minimum Gasteiger partial charge on any atom is -0.377 e. The summed E-state index contributed by atoms with van der Waals surface area (Å²) in [6.07, 6.45) is 3.45. The number of fused-ring (bicyclic) bond motifs is 1. The molecule has 1 unspecified atom stereocenters. The monoisotopic (exact) mass is 337 g/mol. The molecule has 1 aromatic heterocycles. The molecule has 6 heteroatoms. The van der Waals surface area contributed by atoms with E-state index in [1.807, 2.05) is 36.2 Å². The van der Waals surface area contributed by atoms with E-state index in [0.717, 1.165) is 29.4 Å². The normalized spacial score (nSPS) is 19.9. The molecule has 23 heavy (non-hydrogen) atoms. The molecule has 5 nitrogen and oxygen atoms in total. The van der Waals surface area contributed by atoms with Crippen LogP contribution in [0, 0.1) is 0 Å². The Labute approximate surface area is 142 Å². The zero-order valence-electron chi connectivity index (χ0n) is 13.3. The summed E-state index contributed by atoms with van der Waals surface area (Å²) in [4.78, 5) is 17.7. The van der Waals surface area contributed by atoms with Gasteiger partial charge < -0.3 is 20.4 Å². The van der Waals surface area contributed by atoms with Gasteiger partial charge in [-0.05, 0) is 31.4 Å². The number of amides is 1. The summed E-state index contributed by atoms with van der Waals surface area (Å²) in [6.45, 7) is 4.06. The Kier molecular flexibility index (Phi) is 6.04. The fourth-order valence-corrected chi connectivity index (χ4v) is 3.05. The Morgan fingerprint density at radius 3 is 3.09 bits per heavy atom. The van der Waals surface area contributed by atoms with Gasteiger partial charge in [0, 0.05) is 36.8 Å². The van der Waals surface area contributed by atoms with E-state index < -0.39 is 6.04 Å². The van der Waals surface area contributed by atoms with Crippen LogP contribution in [0.2, 0.25) is 0 Å². The Bertz CT molecular complexity index is 658. The van der Waals surface area contributed by atoms with Crippen LogP contribution >= 0.6 is 12.4 Å². The van der Waals surface area contributed by atoms with Gasteiger partial charge in [0.1, 0.15) is 0 Å². The van der Waals surface area contributed by atoms with E-state index in [0.29, 0.717) is 19.6 Å². The van der Waals surface area contributed by atoms with Crippen LogP contribution in [0.5, 0.6) is 0 Å². The average Bonchev–Trinajstić information content (AvgIpc) is 2.79. The second kappa shape index (κ2) is 7.81. The minimum absolute atomic E-state index is 0. The molecule has 0 radical (unpaired) electrons. The molecule has 0 saturated carbocycles. The van der Waals surface area contributed by atoms with Gasteiger partial charge in [-0.3, -0.25) is 4.79 Å². The third-order valence-electron chi connectivity index (χ3n) is 4.20. The van der Waals surface area contributed by atoms with Crippen molar-refractivity contribution in [3.05, 3.63) is 36.0 Å². The quantitative estimate of drug-likeness (QED) is 0.901. The molecule has 0 bridgehead atoms. The number of rotatable bonds is 3. The van der Waals surface area contributed by atoms with Crippen LogP contribution in [0.15, 0.2) is 30.5 Å². The highest BCUT2D eigenvalue weighted by Gasteiger charge is 2.25. The van der Waals surface area contributed by atoms with E-state index in [2.05, 4.69) is 11.1 Å². The Balaban J connectivity index is 0.00000192. The topological polar surface area (TPSA) is 71.3 Å². The van der Waals surface area contributed by atoms with Gasteiger partial charge >= 0.3 is 0 Å². The van der Waals surface area contributed by atoms with Crippen molar-refractivity contribution < 1.29 is 9.53 Å². The largest absolute Gasteiger partial charge is 0.377 e. The maximum atomic E-state index is 12.6. The molecule has 0 spiro atoms. The summed E-state index contributed by atoms with van der Waals surface area (Å²) in [5.41, 5.74) is 8.35. The lowest BCUT2D eigenvalue weighted by Crippen LogP contribution is -2.46. The molecule has 1 aromatic carbocycles. The summed E-state index contributed by atoms with van der Waals surface area (Å²) in [7, 11) is 0. The number of nitrogens with one attached hydrogen (secondary N) is 1. The van der Waals surface area contributed by atoms with Crippen molar-refractivity contribution in [2.45, 2.75) is 31.9 Å². The van der Waals surface area contributed by atoms with Crippen molar-refractivity contribution >= 4 is 29.2 Å². The standard InChI is InChI=1S/C17H23N3O2.ClH/c1-12-11-20(7-4-8-22-12)17(21)15(18)9-13-10-19-16-6-3-2-5-14(13)16;/h2-3,5-6,10,12,15,19H,4,7-9,11,18H2,1H3;1H/t12?,15-;/m0./s1. The molecular formula is C17H24ClN3O2. The van der Waals surface area contributed by atoms with Crippen LogP contribution in [-0.4, -0.2) is 47.6 Å². The summed E-state index contributed by atoms with van der Waals surface area (Å²) >= 11 is 0. The van der Waals surface area contributed by atoms with Crippen LogP contribution in [0.4, 0.5) is 0 Å². The number of halogens is 1. The predicted molar refractivity (Wildman–Crippen MR) is 93.8 cm³/mol. The summed E-state index contributed by atoms with van der Waals surface area (Å²) in [5, 5.41) is 1.14. The van der Waals surface area contributed by atoms with E-state index in [1.165, 1.54) is 0 Å². The highest BCUT2D eigenvalue weighted by Crippen LogP contribution is 2.19. The first kappa shape index (κ1) is 17.8. The van der Waals surface area contributed by atoms with Gasteiger partial charge in [-0.2, -0.15) is 0 Å². The second-order valence-electron chi connectivity index (χ2n) is 5.99. The van der Waals surface area contributed by atoms with Crippen LogP contribution < -0.4 is 5.73 Å². The number of hydrogen-bond donors (Lipinski definition) is 2. The SMILES string of the molecule is CC1CN(C(=O)[C@@H](N)Cc2c[nH]c3ccccc23)CCCO1.Cl. The smallest absolute Gasteiger partial charge is 0.239 e. The fourth-order valence-electron chi connectivity index (χ4n) is 3.05. The molecule has 1 amide bonds. The van der Waals surface area contributed by atoms with E-state index in [-0.39, 0.29) is 24.4 Å². The molecule has 1 fully saturated rings. The Hall–Kier alpha value is -1.56. The van der Waals surface area contributed by atoms with Crippen LogP contribution in [-0.2, 0) is 16.0 Å². The zero-order chi connectivity index (χ0) is 15.5. The number of benzene rings is 1. The number of aromatic nitrogens is 1. The van der Waals surface area contributed by atoms with Gasteiger partial charge in [-0.15, -0.1) is 12.4 Å². The van der Waals surface area contributed by atoms with E-state index >= 15 is 0 Å². The summed E-state index contributed by atoms with van der Waals surface area (Å²) in [6, 6.07) is 7.57. The van der Waals surface area contributed by atoms with E-state index in [1.54, 1.807) is 0 Å². The molecular weight excluding hydrogens is 314 g/mol. The lowest BCUT2D eigenvalue weighted by Gasteiger charge is -2.25. The molecule has 3 rings (SSSR count). The number of para-hydroxylation sites is 1. The fraction of sp³-hybridized carbons (Fsp3) is 0.471. The summed E-state index contributed by atoms with van der Waals surface area (Å²) in [5.74, 6) is 0.0163. The first-order valence-electron chi connectivity index (χ1n) is 7.86. The maximum absolute atomic E-state index is 12.6. The van der Waals surface area contributed by atoms with Crippen molar-refractivity contribution in [1.29, 1.82) is 0 Å². The molecule has 126 valence electrons. The third-order valence-corrected chi connectivity index (χ3v) is 4.20. The lowest BCUT2D eigenvalue weighted by molar-refractivity contribution is -0.133. The maximum Gasteiger partial charge on any atom is 0.239 e. The number of carbonyl (C=O) groups excluding carboxylic acids is 1. The molecule has 1 aliphatic rings. The third kappa shape index (κ3) is 4.05. The van der Waals surface area contributed by atoms with Crippen molar-refractivity contribution in [2.24, 2.45) is 5.73 Å². The van der Waals surface area contributed by atoms with E-state index in [9.17, 15) is 4.79 Å². The lowest BCUT2D eigenvalue weighted by atomic mass is 10.0. The van der Waals surface area contributed by atoms with Crippen molar-refractivity contribution in [3.8, 4) is 0 Å². The van der Waals surface area contributed by atoms with Crippen LogP contribution in [0.25, 0.3) is 10.9 Å². The molecule has 1 saturated heterocycles. The van der Waals surface area contributed by atoms with Gasteiger partial charge in [0.2, 0.25) is 5.91 Å². The Morgan fingerprint density at radius 2 is 2.26 bits per heavy atom. The molecule has 0 aliphatic carbocycles. The number of ether oxygens (including phenoxy) is 1. The van der Waals surface area contributed by atoms with Gasteiger partial charge in [-0.25, -0.2) is 0 Å². The van der Waals surface area contributed by atoms with Crippen molar-refractivity contribution in [2.75, 3.05) is 19.7 Å². The number of hydrogen-bond acceptors (Lipinski definition) is 3. The van der Waals surface area contributed by atoms with Crippen LogP contribution in [0.3, 0.4) is 0 Å². The van der Waals surface area contributed by atoms with Crippen molar-refractivity contribution in [1.82, 2.24) is 9.88 Å². The number of carbonyl (C=O) groups is 1. The first-order valence-corrected chi connectivity index (χ1v) is 7.86. The van der Waals surface area contributed by atoms with Gasteiger partial charge in [-0.1, -0.05) is 18.2 Å². The van der Waals surface area contributed by atoms with E-state index in [4.69, 9.17) is 10.5 Å². The Morgan fingerprint density at radius 1 is 1.48 bits per heavy atom. The average molecular weight is 338 g/mol. The molecule has 2 aromatic rings. The van der Waals surface area contributed by atoms with Gasteiger partial charge in [0.25, 0.3) is 0 Å². The van der Waals surface area contributed by atoms with Gasteiger partial charge in [0.15, 0.2) is 0 Å². The van der Waals surface area contributed by atoms with Crippen LogP contribution in [0.1, 0.15) is 18.9 Å². The molecule has 2 atom stereocenters. The summed E-state index contributed by atoms with van der Waals surface area (Å²) < 4.78 is 5.59. The highest BCUT2D eigenvalue weighted by molar-refractivity contribution is 5.86. The molecule has 1 aliphatic heterocycles. The van der Waals surface area contributed by atoms with Gasteiger partial charge in [0.05, 0.1) is 12.1 Å². The zero-order valence-corrected chi connectivity index (χ0v) is 14.1. The second-order valence-corrected chi connectivity index (χ2v) is 5.99. The van der Waals surface area contributed by atoms with Crippen molar-refractivity contribution in [3.63, 3.8) is 0 Å². The predicted octanol–water partition coefficient (Wildman–Crippen LogP) is 2.10.